The Hall–Kier alpha value is -1.02. The van der Waals surface area contributed by atoms with E-state index in [1.54, 1.807) is 0 Å². The number of ketones is 1. The third-order valence-corrected chi connectivity index (χ3v) is 3.11. The zero-order valence-electron chi connectivity index (χ0n) is 15.3. The SMILES string of the molecule is CCC(=O)CCOCCOCCOCCOCCNC(=O)C(C)C. The van der Waals surface area contributed by atoms with Crippen LogP contribution >= 0.6 is 0 Å². The van der Waals surface area contributed by atoms with Gasteiger partial charge in [0.05, 0.1) is 52.9 Å². The van der Waals surface area contributed by atoms with Crippen LogP contribution in [0.25, 0.3) is 0 Å². The molecule has 0 rings (SSSR count). The van der Waals surface area contributed by atoms with Crippen LogP contribution in [0.5, 0.6) is 0 Å². The molecule has 0 saturated carbocycles. The first kappa shape index (κ1) is 23.0. The summed E-state index contributed by atoms with van der Waals surface area (Å²) in [6.07, 6.45) is 1.04. The molecule has 24 heavy (non-hydrogen) atoms. The monoisotopic (exact) mass is 347 g/mol. The molecule has 0 aliphatic rings. The van der Waals surface area contributed by atoms with Crippen molar-refractivity contribution in [2.24, 2.45) is 5.92 Å². The second kappa shape index (κ2) is 16.8. The summed E-state index contributed by atoms with van der Waals surface area (Å²) in [5.41, 5.74) is 0. The summed E-state index contributed by atoms with van der Waals surface area (Å²) < 4.78 is 21.3. The first-order valence-electron chi connectivity index (χ1n) is 8.68. The average Bonchev–Trinajstić information content (AvgIpc) is 2.57. The van der Waals surface area contributed by atoms with E-state index < -0.39 is 0 Å². The Morgan fingerprint density at radius 1 is 0.792 bits per heavy atom. The van der Waals surface area contributed by atoms with Gasteiger partial charge in [0.1, 0.15) is 5.78 Å². The van der Waals surface area contributed by atoms with Crippen molar-refractivity contribution in [3.05, 3.63) is 0 Å². The number of carbonyl (C=O) groups is 2. The van der Waals surface area contributed by atoms with Gasteiger partial charge in [-0.2, -0.15) is 0 Å². The normalized spacial score (nSPS) is 11.0. The molecule has 0 radical (unpaired) electrons. The number of hydrogen-bond acceptors (Lipinski definition) is 6. The number of rotatable bonds is 17. The first-order chi connectivity index (χ1) is 11.6. The van der Waals surface area contributed by atoms with E-state index in [-0.39, 0.29) is 17.6 Å². The van der Waals surface area contributed by atoms with Gasteiger partial charge in [-0.15, -0.1) is 0 Å². The van der Waals surface area contributed by atoms with Crippen LogP contribution in [0.1, 0.15) is 33.6 Å². The van der Waals surface area contributed by atoms with E-state index in [0.717, 1.165) is 0 Å². The summed E-state index contributed by atoms with van der Waals surface area (Å²) in [4.78, 5) is 22.3. The van der Waals surface area contributed by atoms with Crippen molar-refractivity contribution in [1.29, 1.82) is 0 Å². The highest BCUT2D eigenvalue weighted by Crippen LogP contribution is 1.91. The van der Waals surface area contributed by atoms with Crippen molar-refractivity contribution in [3.63, 3.8) is 0 Å². The Labute approximate surface area is 145 Å². The maximum atomic E-state index is 11.3. The van der Waals surface area contributed by atoms with Crippen LogP contribution in [0, 0.1) is 5.92 Å². The molecule has 0 aromatic heterocycles. The number of ether oxygens (including phenoxy) is 4. The highest BCUT2D eigenvalue weighted by atomic mass is 16.6. The van der Waals surface area contributed by atoms with Gasteiger partial charge < -0.3 is 24.3 Å². The van der Waals surface area contributed by atoms with Crippen molar-refractivity contribution in [2.75, 3.05) is 59.4 Å². The molecule has 0 fully saturated rings. The molecule has 1 N–H and O–H groups in total. The summed E-state index contributed by atoms with van der Waals surface area (Å²) in [6.45, 7) is 9.99. The summed E-state index contributed by atoms with van der Waals surface area (Å²) >= 11 is 0. The summed E-state index contributed by atoms with van der Waals surface area (Å²) in [5, 5.41) is 2.78. The standard InChI is InChI=1S/C17H33NO6/c1-4-16(19)5-7-21-9-11-23-13-14-24-12-10-22-8-6-18-17(20)15(2)3/h15H,4-14H2,1-3H3,(H,18,20). The minimum Gasteiger partial charge on any atom is -0.379 e. The molecule has 0 spiro atoms. The molecule has 0 aromatic carbocycles. The largest absolute Gasteiger partial charge is 0.379 e. The van der Waals surface area contributed by atoms with Crippen molar-refractivity contribution in [1.82, 2.24) is 5.32 Å². The van der Waals surface area contributed by atoms with E-state index in [0.29, 0.717) is 72.2 Å². The van der Waals surface area contributed by atoms with E-state index in [1.807, 2.05) is 20.8 Å². The van der Waals surface area contributed by atoms with Crippen LogP contribution in [0.15, 0.2) is 0 Å². The lowest BCUT2D eigenvalue weighted by atomic mass is 10.2. The Morgan fingerprint density at radius 2 is 1.25 bits per heavy atom. The fourth-order valence-corrected chi connectivity index (χ4v) is 1.58. The number of hydrogen-bond donors (Lipinski definition) is 1. The highest BCUT2D eigenvalue weighted by Gasteiger charge is 2.04. The zero-order valence-corrected chi connectivity index (χ0v) is 15.3. The fourth-order valence-electron chi connectivity index (χ4n) is 1.58. The molecular formula is C17H33NO6. The molecule has 0 heterocycles. The molecule has 0 bridgehead atoms. The molecule has 142 valence electrons. The lowest BCUT2D eigenvalue weighted by Crippen LogP contribution is -2.31. The van der Waals surface area contributed by atoms with Crippen LogP contribution in [0.2, 0.25) is 0 Å². The van der Waals surface area contributed by atoms with Gasteiger partial charge in [-0.05, 0) is 0 Å². The Balaban J connectivity index is 3.10. The average molecular weight is 347 g/mol. The molecule has 0 aliphatic carbocycles. The second-order valence-electron chi connectivity index (χ2n) is 5.54. The fraction of sp³-hybridized carbons (Fsp3) is 0.882. The summed E-state index contributed by atoms with van der Waals surface area (Å²) in [5.74, 6) is 0.249. The smallest absolute Gasteiger partial charge is 0.222 e. The number of amides is 1. The van der Waals surface area contributed by atoms with Gasteiger partial charge in [0.2, 0.25) is 5.91 Å². The molecular weight excluding hydrogens is 314 g/mol. The van der Waals surface area contributed by atoms with Gasteiger partial charge >= 0.3 is 0 Å². The van der Waals surface area contributed by atoms with Crippen LogP contribution in [0.4, 0.5) is 0 Å². The van der Waals surface area contributed by atoms with Gasteiger partial charge in [0, 0.05) is 25.3 Å². The molecule has 0 aromatic rings. The zero-order chi connectivity index (χ0) is 18.0. The van der Waals surface area contributed by atoms with Crippen LogP contribution in [0.3, 0.4) is 0 Å². The van der Waals surface area contributed by atoms with Crippen molar-refractivity contribution < 1.29 is 28.5 Å². The van der Waals surface area contributed by atoms with Gasteiger partial charge in [0.15, 0.2) is 0 Å². The second-order valence-corrected chi connectivity index (χ2v) is 5.54. The van der Waals surface area contributed by atoms with Crippen LogP contribution < -0.4 is 5.32 Å². The quantitative estimate of drug-likeness (QED) is 0.398. The Bertz CT molecular complexity index is 322. The van der Waals surface area contributed by atoms with E-state index in [4.69, 9.17) is 18.9 Å². The predicted molar refractivity (Wildman–Crippen MR) is 91.0 cm³/mol. The predicted octanol–water partition coefficient (Wildman–Crippen LogP) is 1.19. The third-order valence-electron chi connectivity index (χ3n) is 3.11. The van der Waals surface area contributed by atoms with E-state index in [1.165, 1.54) is 0 Å². The van der Waals surface area contributed by atoms with E-state index in [9.17, 15) is 9.59 Å². The van der Waals surface area contributed by atoms with Crippen molar-refractivity contribution in [3.8, 4) is 0 Å². The van der Waals surface area contributed by atoms with Crippen molar-refractivity contribution in [2.45, 2.75) is 33.6 Å². The molecule has 7 nitrogen and oxygen atoms in total. The third kappa shape index (κ3) is 15.9. The lowest BCUT2D eigenvalue weighted by molar-refractivity contribution is -0.124. The molecule has 0 unspecified atom stereocenters. The van der Waals surface area contributed by atoms with Crippen LogP contribution in [-0.2, 0) is 28.5 Å². The number of nitrogens with one attached hydrogen (secondary N) is 1. The molecule has 7 heteroatoms. The minimum atomic E-state index is -0.00225. The Kier molecular flexibility index (Phi) is 16.1. The van der Waals surface area contributed by atoms with Gasteiger partial charge in [-0.25, -0.2) is 0 Å². The van der Waals surface area contributed by atoms with Gasteiger partial charge in [-0.1, -0.05) is 20.8 Å². The van der Waals surface area contributed by atoms with E-state index >= 15 is 0 Å². The van der Waals surface area contributed by atoms with Crippen molar-refractivity contribution >= 4 is 11.7 Å². The lowest BCUT2D eigenvalue weighted by Gasteiger charge is -2.09. The number of carbonyl (C=O) groups excluding carboxylic acids is 2. The summed E-state index contributed by atoms with van der Waals surface area (Å²) in [6, 6.07) is 0. The molecule has 1 amide bonds. The van der Waals surface area contributed by atoms with Gasteiger partial charge in [0.25, 0.3) is 0 Å². The molecule has 0 atom stereocenters. The summed E-state index contributed by atoms with van der Waals surface area (Å²) in [7, 11) is 0. The maximum absolute atomic E-state index is 11.3. The minimum absolute atomic E-state index is 0.00225. The molecule has 0 aliphatic heterocycles. The first-order valence-corrected chi connectivity index (χ1v) is 8.68. The maximum Gasteiger partial charge on any atom is 0.222 e. The molecule has 0 saturated heterocycles. The topological polar surface area (TPSA) is 83.1 Å². The van der Waals surface area contributed by atoms with Crippen LogP contribution in [-0.4, -0.2) is 71.1 Å². The van der Waals surface area contributed by atoms with E-state index in [2.05, 4.69) is 5.32 Å². The number of Topliss-reactive ketones (excluding diaryl/α,β-unsaturated/α-hetero) is 1. The Morgan fingerprint density at radius 3 is 1.71 bits per heavy atom. The van der Waals surface area contributed by atoms with Gasteiger partial charge in [-0.3, -0.25) is 9.59 Å². The highest BCUT2D eigenvalue weighted by molar-refractivity contribution is 5.78.